The highest BCUT2D eigenvalue weighted by atomic mass is 35.5. The molecule has 0 N–H and O–H groups in total. The van der Waals surface area contributed by atoms with Gasteiger partial charge in [-0.25, -0.2) is 0 Å². The Morgan fingerprint density at radius 1 is 0.964 bits per heavy atom. The molecule has 2 aromatic heterocycles. The van der Waals surface area contributed by atoms with Gasteiger partial charge < -0.3 is 9.80 Å². The number of para-hydroxylation sites is 1. The van der Waals surface area contributed by atoms with Crippen LogP contribution in [0.5, 0.6) is 0 Å². The summed E-state index contributed by atoms with van der Waals surface area (Å²) >= 11 is 6.37. The highest BCUT2D eigenvalue weighted by Gasteiger charge is 2.24. The Bertz CT molecular complexity index is 1030. The van der Waals surface area contributed by atoms with Gasteiger partial charge in [0.1, 0.15) is 5.02 Å². The van der Waals surface area contributed by atoms with Crippen molar-refractivity contribution in [3.63, 3.8) is 0 Å². The average molecular weight is 396 g/mol. The molecule has 0 spiro atoms. The molecule has 0 aliphatic carbocycles. The highest BCUT2D eigenvalue weighted by molar-refractivity contribution is 6.33. The third-order valence-corrected chi connectivity index (χ3v) is 5.07. The van der Waals surface area contributed by atoms with Crippen molar-refractivity contribution >= 4 is 23.2 Å². The van der Waals surface area contributed by atoms with Crippen LogP contribution in [0.3, 0.4) is 0 Å². The van der Waals surface area contributed by atoms with E-state index in [0.717, 1.165) is 0 Å². The van der Waals surface area contributed by atoms with Crippen molar-refractivity contribution in [3.8, 4) is 5.69 Å². The summed E-state index contributed by atoms with van der Waals surface area (Å²) in [6.07, 6.45) is 4.81. The lowest BCUT2D eigenvalue weighted by Gasteiger charge is -2.36. The molecule has 1 aliphatic rings. The number of amides is 1. The van der Waals surface area contributed by atoms with Crippen molar-refractivity contribution in [1.29, 1.82) is 0 Å². The van der Waals surface area contributed by atoms with Gasteiger partial charge in [0.25, 0.3) is 11.5 Å². The van der Waals surface area contributed by atoms with Gasteiger partial charge in [0.2, 0.25) is 0 Å². The zero-order valence-corrected chi connectivity index (χ0v) is 15.8. The molecule has 28 heavy (non-hydrogen) atoms. The maximum atomic E-state index is 12.7. The number of hydrogen-bond donors (Lipinski definition) is 0. The number of pyridine rings is 1. The Labute approximate surface area is 166 Å². The summed E-state index contributed by atoms with van der Waals surface area (Å²) in [6, 6.07) is 12.6. The number of hydrogen-bond acceptors (Lipinski definition) is 5. The first-order valence-corrected chi connectivity index (χ1v) is 9.30. The number of anilines is 1. The van der Waals surface area contributed by atoms with E-state index >= 15 is 0 Å². The average Bonchev–Trinajstić information content (AvgIpc) is 2.76. The minimum atomic E-state index is -0.362. The highest BCUT2D eigenvalue weighted by Crippen LogP contribution is 2.23. The number of carbonyl (C=O) groups excluding carboxylic acids is 1. The van der Waals surface area contributed by atoms with E-state index in [1.165, 1.54) is 4.68 Å². The molecule has 0 saturated carbocycles. The zero-order valence-electron chi connectivity index (χ0n) is 15.0. The van der Waals surface area contributed by atoms with Crippen LogP contribution < -0.4 is 10.5 Å². The summed E-state index contributed by atoms with van der Waals surface area (Å²) < 4.78 is 1.29. The molecule has 7 nitrogen and oxygen atoms in total. The minimum absolute atomic E-state index is 0.0449. The van der Waals surface area contributed by atoms with Gasteiger partial charge in [0.05, 0.1) is 23.1 Å². The summed E-state index contributed by atoms with van der Waals surface area (Å²) in [5, 5.41) is 4.41. The molecule has 0 unspecified atom stereocenters. The van der Waals surface area contributed by atoms with Gasteiger partial charge >= 0.3 is 0 Å². The Morgan fingerprint density at radius 2 is 1.71 bits per heavy atom. The summed E-state index contributed by atoms with van der Waals surface area (Å²) in [5.41, 5.74) is 1.46. The molecule has 1 saturated heterocycles. The first-order chi connectivity index (χ1) is 13.6. The quantitative estimate of drug-likeness (QED) is 0.680. The van der Waals surface area contributed by atoms with Crippen LogP contribution in [-0.2, 0) is 0 Å². The Balaban J connectivity index is 1.50. The molecule has 3 aromatic rings. The molecule has 4 rings (SSSR count). The zero-order chi connectivity index (χ0) is 19.5. The van der Waals surface area contributed by atoms with Crippen LogP contribution in [0, 0.1) is 0 Å². The van der Waals surface area contributed by atoms with Crippen LogP contribution in [0.1, 0.15) is 10.4 Å². The lowest BCUT2D eigenvalue weighted by molar-refractivity contribution is 0.0746. The van der Waals surface area contributed by atoms with Crippen molar-refractivity contribution in [1.82, 2.24) is 19.7 Å². The predicted octanol–water partition coefficient (Wildman–Crippen LogP) is 2.24. The number of rotatable bonds is 3. The number of nitrogens with zero attached hydrogens (tertiary/aromatic N) is 5. The van der Waals surface area contributed by atoms with Crippen LogP contribution in [0.15, 0.2) is 65.8 Å². The fraction of sp³-hybridized carbons (Fsp3) is 0.200. The van der Waals surface area contributed by atoms with E-state index in [1.807, 2.05) is 23.1 Å². The molecule has 1 amide bonds. The fourth-order valence-corrected chi connectivity index (χ4v) is 3.47. The third kappa shape index (κ3) is 3.48. The number of aromatic nitrogens is 3. The van der Waals surface area contributed by atoms with E-state index in [2.05, 4.69) is 10.1 Å². The van der Waals surface area contributed by atoms with Gasteiger partial charge in [-0.2, -0.15) is 9.78 Å². The molecule has 8 heteroatoms. The third-order valence-electron chi connectivity index (χ3n) is 4.72. The lowest BCUT2D eigenvalue weighted by atomic mass is 10.2. The van der Waals surface area contributed by atoms with Crippen LogP contribution in [0.4, 0.5) is 5.69 Å². The largest absolute Gasteiger partial charge is 0.365 e. The smallest absolute Gasteiger partial charge is 0.292 e. The standard InChI is InChI=1S/C20H18ClN5O2/c21-18-17(14-23-26(20(18)28)16-6-2-1-3-7-16)24-9-11-25(12-10-24)19(27)15-5-4-8-22-13-15/h1-8,13-14H,9-12H2. The Kier molecular flexibility index (Phi) is 5.08. The maximum absolute atomic E-state index is 12.7. The van der Waals surface area contributed by atoms with Gasteiger partial charge in [-0.3, -0.25) is 14.6 Å². The second-order valence-corrected chi connectivity index (χ2v) is 6.80. The van der Waals surface area contributed by atoms with Gasteiger partial charge in [0.15, 0.2) is 0 Å². The summed E-state index contributed by atoms with van der Waals surface area (Å²) in [5.74, 6) is -0.0449. The second-order valence-electron chi connectivity index (χ2n) is 6.42. The normalized spacial score (nSPS) is 14.2. The van der Waals surface area contributed by atoms with Gasteiger partial charge in [0, 0.05) is 38.6 Å². The molecule has 0 radical (unpaired) electrons. The van der Waals surface area contributed by atoms with E-state index in [9.17, 15) is 9.59 Å². The van der Waals surface area contributed by atoms with Gasteiger partial charge in [-0.15, -0.1) is 0 Å². The van der Waals surface area contributed by atoms with Crippen molar-refractivity contribution in [2.45, 2.75) is 0 Å². The van der Waals surface area contributed by atoms with Crippen LogP contribution in [0.2, 0.25) is 5.02 Å². The molecular weight excluding hydrogens is 378 g/mol. The number of carbonyl (C=O) groups is 1. The first-order valence-electron chi connectivity index (χ1n) is 8.92. The molecule has 1 aromatic carbocycles. The topological polar surface area (TPSA) is 71.3 Å². The van der Waals surface area contributed by atoms with E-state index < -0.39 is 0 Å². The minimum Gasteiger partial charge on any atom is -0.365 e. The van der Waals surface area contributed by atoms with E-state index in [0.29, 0.717) is 43.1 Å². The van der Waals surface area contributed by atoms with Gasteiger partial charge in [-0.1, -0.05) is 29.8 Å². The molecule has 3 heterocycles. The Morgan fingerprint density at radius 3 is 2.39 bits per heavy atom. The lowest BCUT2D eigenvalue weighted by Crippen LogP contribution is -2.49. The van der Waals surface area contributed by atoms with Crippen molar-refractivity contribution in [3.05, 3.63) is 82.0 Å². The molecule has 0 bridgehead atoms. The Hall–Kier alpha value is -3.19. The molecule has 142 valence electrons. The molecular formula is C20H18ClN5O2. The maximum Gasteiger partial charge on any atom is 0.292 e. The van der Waals surface area contributed by atoms with Crippen molar-refractivity contribution < 1.29 is 4.79 Å². The van der Waals surface area contributed by atoms with E-state index in [4.69, 9.17) is 11.6 Å². The fourth-order valence-electron chi connectivity index (χ4n) is 3.22. The van der Waals surface area contributed by atoms with Crippen molar-refractivity contribution in [2.24, 2.45) is 0 Å². The number of piperazine rings is 1. The molecule has 1 fully saturated rings. The summed E-state index contributed by atoms with van der Waals surface area (Å²) in [7, 11) is 0. The summed E-state index contributed by atoms with van der Waals surface area (Å²) in [6.45, 7) is 2.21. The molecule has 1 aliphatic heterocycles. The van der Waals surface area contributed by atoms with Crippen LogP contribution >= 0.6 is 11.6 Å². The van der Waals surface area contributed by atoms with Gasteiger partial charge in [-0.05, 0) is 24.3 Å². The van der Waals surface area contributed by atoms with E-state index in [-0.39, 0.29) is 16.5 Å². The van der Waals surface area contributed by atoms with Crippen molar-refractivity contribution in [2.75, 3.05) is 31.1 Å². The predicted molar refractivity (Wildman–Crippen MR) is 107 cm³/mol. The van der Waals surface area contributed by atoms with Crippen LogP contribution in [-0.4, -0.2) is 51.8 Å². The second kappa shape index (κ2) is 7.82. The first kappa shape index (κ1) is 18.2. The SMILES string of the molecule is O=C(c1cccnc1)N1CCN(c2cnn(-c3ccccc3)c(=O)c2Cl)CC1. The summed E-state index contributed by atoms with van der Waals surface area (Å²) in [4.78, 5) is 33.0. The number of benzene rings is 1. The number of halogens is 1. The molecule has 0 atom stereocenters. The van der Waals surface area contributed by atoms with E-state index in [1.54, 1.807) is 47.8 Å². The monoisotopic (exact) mass is 395 g/mol. The van der Waals surface area contributed by atoms with Crippen LogP contribution in [0.25, 0.3) is 5.69 Å².